The number of hydrogen-bond donors (Lipinski definition) is 1. The van der Waals surface area contributed by atoms with Gasteiger partial charge in [-0.1, -0.05) is 12.1 Å². The first kappa shape index (κ1) is 17.7. The van der Waals surface area contributed by atoms with Gasteiger partial charge in [-0.25, -0.2) is 4.98 Å². The van der Waals surface area contributed by atoms with Gasteiger partial charge in [0.1, 0.15) is 11.6 Å². The van der Waals surface area contributed by atoms with Gasteiger partial charge >= 0.3 is 0 Å². The molecule has 7 nitrogen and oxygen atoms in total. The summed E-state index contributed by atoms with van der Waals surface area (Å²) in [7, 11) is 1.66. The minimum absolute atomic E-state index is 0.0568. The Morgan fingerprint density at radius 2 is 1.85 bits per heavy atom. The lowest BCUT2D eigenvalue weighted by molar-refractivity contribution is -0.114. The molecule has 0 bridgehead atoms. The van der Waals surface area contributed by atoms with Crippen molar-refractivity contribution in [2.75, 3.05) is 43.5 Å². The number of rotatable bonds is 4. The Kier molecular flexibility index (Phi) is 5.36. The number of para-hydroxylation sites is 2. The zero-order valence-electron chi connectivity index (χ0n) is 14.9. The van der Waals surface area contributed by atoms with Gasteiger partial charge in [-0.05, 0) is 24.3 Å². The second-order valence-corrected chi connectivity index (χ2v) is 6.06. The number of amides is 2. The molecule has 2 heterocycles. The second kappa shape index (κ2) is 7.86. The van der Waals surface area contributed by atoms with Crippen molar-refractivity contribution in [3.8, 4) is 5.75 Å². The number of hydrogen-bond acceptors (Lipinski definition) is 5. The Bertz CT molecular complexity index is 801. The maximum absolute atomic E-state index is 12.7. The van der Waals surface area contributed by atoms with Gasteiger partial charge in [-0.2, -0.15) is 0 Å². The first-order chi connectivity index (χ1) is 12.6. The Balaban J connectivity index is 1.66. The SMILES string of the molecule is COc1ccccc1N1CCN(C(=O)c2ccnc(NC(C)=O)c2)CC1. The molecular weight excluding hydrogens is 332 g/mol. The predicted octanol–water partition coefficient (Wildman–Crippen LogP) is 2.01. The maximum atomic E-state index is 12.7. The number of carbonyl (C=O) groups is 2. The number of piperazine rings is 1. The highest BCUT2D eigenvalue weighted by Crippen LogP contribution is 2.28. The highest BCUT2D eigenvalue weighted by molar-refractivity contribution is 5.96. The zero-order valence-corrected chi connectivity index (χ0v) is 14.9. The predicted molar refractivity (Wildman–Crippen MR) is 99.7 cm³/mol. The van der Waals surface area contributed by atoms with Gasteiger partial charge in [0, 0.05) is 44.9 Å². The van der Waals surface area contributed by atoms with Crippen molar-refractivity contribution in [2.45, 2.75) is 6.92 Å². The van der Waals surface area contributed by atoms with Crippen molar-refractivity contribution >= 4 is 23.3 Å². The molecule has 1 fully saturated rings. The van der Waals surface area contributed by atoms with Crippen LogP contribution in [0, 0.1) is 0 Å². The minimum atomic E-state index is -0.215. The number of benzene rings is 1. The Hall–Kier alpha value is -3.09. The van der Waals surface area contributed by atoms with Crippen LogP contribution in [-0.2, 0) is 4.79 Å². The van der Waals surface area contributed by atoms with Crippen LogP contribution in [0.2, 0.25) is 0 Å². The van der Waals surface area contributed by atoms with E-state index in [-0.39, 0.29) is 11.8 Å². The largest absolute Gasteiger partial charge is 0.495 e. The molecule has 1 saturated heterocycles. The number of aromatic nitrogens is 1. The van der Waals surface area contributed by atoms with E-state index in [1.165, 1.54) is 13.1 Å². The standard InChI is InChI=1S/C19H22N4O3/c1-14(24)21-18-13-15(7-8-20-18)19(25)23-11-9-22(10-12-23)16-5-3-4-6-17(16)26-2/h3-8,13H,9-12H2,1-2H3,(H,20,21,24). The molecule has 1 N–H and O–H groups in total. The highest BCUT2D eigenvalue weighted by atomic mass is 16.5. The van der Waals surface area contributed by atoms with E-state index < -0.39 is 0 Å². The molecule has 1 aromatic heterocycles. The molecule has 1 aliphatic heterocycles. The third-order valence-corrected chi connectivity index (χ3v) is 4.30. The number of anilines is 2. The molecule has 0 spiro atoms. The van der Waals surface area contributed by atoms with Crippen molar-refractivity contribution in [3.63, 3.8) is 0 Å². The molecule has 0 unspecified atom stereocenters. The van der Waals surface area contributed by atoms with E-state index in [2.05, 4.69) is 15.2 Å². The second-order valence-electron chi connectivity index (χ2n) is 6.06. The fraction of sp³-hybridized carbons (Fsp3) is 0.316. The topological polar surface area (TPSA) is 74.8 Å². The van der Waals surface area contributed by atoms with Crippen molar-refractivity contribution < 1.29 is 14.3 Å². The van der Waals surface area contributed by atoms with Crippen LogP contribution in [0.25, 0.3) is 0 Å². The maximum Gasteiger partial charge on any atom is 0.254 e. The fourth-order valence-electron chi connectivity index (χ4n) is 3.04. The molecule has 7 heteroatoms. The molecule has 1 aromatic carbocycles. The average molecular weight is 354 g/mol. The molecule has 0 atom stereocenters. The van der Waals surface area contributed by atoms with Gasteiger partial charge in [-0.3, -0.25) is 9.59 Å². The summed E-state index contributed by atoms with van der Waals surface area (Å²) in [5.41, 5.74) is 1.56. The van der Waals surface area contributed by atoms with E-state index in [0.717, 1.165) is 24.5 Å². The number of nitrogens with one attached hydrogen (secondary N) is 1. The Morgan fingerprint density at radius 1 is 1.12 bits per heavy atom. The van der Waals surface area contributed by atoms with Gasteiger partial charge in [0.2, 0.25) is 5.91 Å². The molecule has 1 aliphatic rings. The van der Waals surface area contributed by atoms with E-state index in [0.29, 0.717) is 24.5 Å². The summed E-state index contributed by atoms with van der Waals surface area (Å²) in [6.07, 6.45) is 1.53. The van der Waals surface area contributed by atoms with E-state index >= 15 is 0 Å². The number of methoxy groups -OCH3 is 1. The van der Waals surface area contributed by atoms with E-state index in [4.69, 9.17) is 4.74 Å². The summed E-state index contributed by atoms with van der Waals surface area (Å²) in [5, 5.41) is 2.60. The van der Waals surface area contributed by atoms with Crippen LogP contribution < -0.4 is 15.0 Å². The van der Waals surface area contributed by atoms with Crippen LogP contribution in [0.15, 0.2) is 42.6 Å². The molecule has 136 valence electrons. The fourth-order valence-corrected chi connectivity index (χ4v) is 3.04. The van der Waals surface area contributed by atoms with Crippen LogP contribution >= 0.6 is 0 Å². The lowest BCUT2D eigenvalue weighted by Gasteiger charge is -2.36. The molecule has 0 radical (unpaired) electrons. The molecule has 0 aliphatic carbocycles. The lowest BCUT2D eigenvalue weighted by Crippen LogP contribution is -2.48. The van der Waals surface area contributed by atoms with E-state index in [1.54, 1.807) is 19.2 Å². The zero-order chi connectivity index (χ0) is 18.5. The number of carbonyl (C=O) groups excluding carboxylic acids is 2. The smallest absolute Gasteiger partial charge is 0.254 e. The summed E-state index contributed by atoms with van der Waals surface area (Å²) < 4.78 is 5.42. The van der Waals surface area contributed by atoms with Crippen LogP contribution in [0.3, 0.4) is 0 Å². The summed E-state index contributed by atoms with van der Waals surface area (Å²) in [6, 6.07) is 11.2. The summed E-state index contributed by atoms with van der Waals surface area (Å²) in [4.78, 5) is 32.0. The summed E-state index contributed by atoms with van der Waals surface area (Å²) >= 11 is 0. The number of pyridine rings is 1. The molecule has 2 amide bonds. The van der Waals surface area contributed by atoms with E-state index in [9.17, 15) is 9.59 Å². The van der Waals surface area contributed by atoms with Gasteiger partial charge in [0.05, 0.1) is 12.8 Å². The van der Waals surface area contributed by atoms with Gasteiger partial charge < -0.3 is 19.9 Å². The average Bonchev–Trinajstić information content (AvgIpc) is 2.67. The Labute approximate surface area is 152 Å². The van der Waals surface area contributed by atoms with Crippen LogP contribution in [0.5, 0.6) is 5.75 Å². The first-order valence-corrected chi connectivity index (χ1v) is 8.49. The van der Waals surface area contributed by atoms with Crippen LogP contribution in [-0.4, -0.2) is 55.0 Å². The minimum Gasteiger partial charge on any atom is -0.495 e. The molecule has 0 saturated carbocycles. The van der Waals surface area contributed by atoms with Crippen LogP contribution in [0.1, 0.15) is 17.3 Å². The van der Waals surface area contributed by atoms with Crippen LogP contribution in [0.4, 0.5) is 11.5 Å². The molecule has 3 rings (SSSR count). The molecule has 2 aromatic rings. The van der Waals surface area contributed by atoms with Gasteiger partial charge in [-0.15, -0.1) is 0 Å². The van der Waals surface area contributed by atoms with Crippen molar-refractivity contribution in [3.05, 3.63) is 48.2 Å². The number of ether oxygens (including phenoxy) is 1. The first-order valence-electron chi connectivity index (χ1n) is 8.49. The lowest BCUT2D eigenvalue weighted by atomic mass is 10.2. The monoisotopic (exact) mass is 354 g/mol. The summed E-state index contributed by atoms with van der Waals surface area (Å²) in [6.45, 7) is 4.11. The third kappa shape index (κ3) is 3.93. The van der Waals surface area contributed by atoms with Gasteiger partial charge in [0.15, 0.2) is 0 Å². The van der Waals surface area contributed by atoms with Crippen molar-refractivity contribution in [1.29, 1.82) is 0 Å². The van der Waals surface area contributed by atoms with Crippen molar-refractivity contribution in [2.24, 2.45) is 0 Å². The number of nitrogens with zero attached hydrogens (tertiary/aromatic N) is 3. The third-order valence-electron chi connectivity index (χ3n) is 4.30. The Morgan fingerprint density at radius 3 is 2.54 bits per heavy atom. The highest BCUT2D eigenvalue weighted by Gasteiger charge is 2.24. The summed E-state index contributed by atoms with van der Waals surface area (Å²) in [5.74, 6) is 0.948. The van der Waals surface area contributed by atoms with Crippen molar-refractivity contribution in [1.82, 2.24) is 9.88 Å². The quantitative estimate of drug-likeness (QED) is 0.909. The van der Waals surface area contributed by atoms with E-state index in [1.807, 2.05) is 29.2 Å². The molecule has 26 heavy (non-hydrogen) atoms. The molecular formula is C19H22N4O3. The normalized spacial score (nSPS) is 14.1. The van der Waals surface area contributed by atoms with Gasteiger partial charge in [0.25, 0.3) is 5.91 Å².